The summed E-state index contributed by atoms with van der Waals surface area (Å²) in [5.41, 5.74) is 3.79. The van der Waals surface area contributed by atoms with Gasteiger partial charge in [-0.2, -0.15) is 0 Å². The van der Waals surface area contributed by atoms with E-state index in [4.69, 9.17) is 11.6 Å². The van der Waals surface area contributed by atoms with Gasteiger partial charge in [-0.25, -0.2) is 0 Å². The molecule has 4 nitrogen and oxygen atoms in total. The highest BCUT2D eigenvalue weighted by Crippen LogP contribution is 2.28. The van der Waals surface area contributed by atoms with Crippen LogP contribution in [-0.2, 0) is 17.9 Å². The number of carboxylic acid groups (broad SMARTS) is 1. The van der Waals surface area contributed by atoms with Crippen molar-refractivity contribution in [2.75, 3.05) is 0 Å². The quantitative estimate of drug-likeness (QED) is 0.442. The fourth-order valence-electron chi connectivity index (χ4n) is 3.60. The van der Waals surface area contributed by atoms with Gasteiger partial charge in [-0.05, 0) is 23.3 Å². The summed E-state index contributed by atoms with van der Waals surface area (Å²) in [6.07, 6.45) is 1.94. The minimum absolute atomic E-state index is 0.370. The molecular weight excluding hydrogens is 384 g/mol. The number of carbonyl (C=O) groups is 1. The van der Waals surface area contributed by atoms with E-state index in [2.05, 4.69) is 22.0 Å². The third-order valence-corrected chi connectivity index (χ3v) is 5.40. The van der Waals surface area contributed by atoms with Gasteiger partial charge >= 0.3 is 5.97 Å². The normalized spacial score (nSPS) is 12.2. The summed E-state index contributed by atoms with van der Waals surface area (Å²) in [7, 11) is 0. The fourth-order valence-corrected chi connectivity index (χ4v) is 3.80. The zero-order chi connectivity index (χ0) is 20.2. The summed E-state index contributed by atoms with van der Waals surface area (Å²) in [5, 5.41) is 14.6. The van der Waals surface area contributed by atoms with Crippen LogP contribution in [0.2, 0.25) is 5.02 Å². The van der Waals surface area contributed by atoms with Crippen molar-refractivity contribution in [3.63, 3.8) is 0 Å². The number of aliphatic carboxylic acids is 1. The minimum Gasteiger partial charge on any atom is -0.480 e. The van der Waals surface area contributed by atoms with E-state index < -0.39 is 12.0 Å². The summed E-state index contributed by atoms with van der Waals surface area (Å²) in [4.78, 5) is 12.1. The van der Waals surface area contributed by atoms with Crippen molar-refractivity contribution in [2.45, 2.75) is 19.1 Å². The monoisotopic (exact) mass is 404 g/mol. The fraction of sp³-hybridized carbons (Fsp3) is 0.125. The van der Waals surface area contributed by atoms with Gasteiger partial charge in [0, 0.05) is 40.8 Å². The van der Waals surface area contributed by atoms with E-state index in [9.17, 15) is 9.90 Å². The molecule has 1 aromatic heterocycles. The molecule has 5 heteroatoms. The lowest BCUT2D eigenvalue weighted by Gasteiger charge is -2.15. The van der Waals surface area contributed by atoms with Crippen LogP contribution in [0, 0.1) is 0 Å². The van der Waals surface area contributed by atoms with Crippen LogP contribution in [0.25, 0.3) is 10.9 Å². The van der Waals surface area contributed by atoms with Gasteiger partial charge in [0.05, 0.1) is 0 Å². The molecule has 1 unspecified atom stereocenters. The number of nitrogens with one attached hydrogen (secondary N) is 1. The second kappa shape index (κ2) is 8.52. The molecule has 1 atom stereocenters. The number of benzene rings is 3. The third kappa shape index (κ3) is 4.19. The molecule has 2 N–H and O–H groups in total. The number of para-hydroxylation sites is 1. The molecule has 4 rings (SSSR count). The second-order valence-electron chi connectivity index (χ2n) is 6.96. The lowest BCUT2D eigenvalue weighted by Crippen LogP contribution is -2.28. The van der Waals surface area contributed by atoms with Crippen LogP contribution in [0.1, 0.15) is 22.7 Å². The number of halogens is 1. The summed E-state index contributed by atoms with van der Waals surface area (Å²) >= 11 is 6.23. The van der Waals surface area contributed by atoms with Crippen molar-refractivity contribution >= 4 is 28.5 Å². The summed E-state index contributed by atoms with van der Waals surface area (Å²) in [5.74, 6) is -0.917. The number of rotatable bonds is 7. The van der Waals surface area contributed by atoms with Gasteiger partial charge in [0.1, 0.15) is 6.04 Å². The molecule has 0 fully saturated rings. The van der Waals surface area contributed by atoms with E-state index in [1.54, 1.807) is 6.07 Å². The number of fused-ring (bicyclic) bond motifs is 1. The maximum Gasteiger partial charge on any atom is 0.325 e. The summed E-state index contributed by atoms with van der Waals surface area (Å²) in [6, 6.07) is 24.7. The Bertz CT molecular complexity index is 1140. The molecule has 0 amide bonds. The number of carboxylic acids is 1. The predicted molar refractivity (Wildman–Crippen MR) is 116 cm³/mol. The molecule has 29 heavy (non-hydrogen) atoms. The Balaban J connectivity index is 1.68. The zero-order valence-electron chi connectivity index (χ0n) is 15.8. The van der Waals surface area contributed by atoms with Crippen molar-refractivity contribution in [3.8, 4) is 0 Å². The van der Waals surface area contributed by atoms with Gasteiger partial charge in [0.25, 0.3) is 0 Å². The van der Waals surface area contributed by atoms with Crippen LogP contribution in [0.5, 0.6) is 0 Å². The van der Waals surface area contributed by atoms with Crippen molar-refractivity contribution in [1.29, 1.82) is 0 Å². The molecule has 3 aromatic carbocycles. The lowest BCUT2D eigenvalue weighted by atomic mass is 10.1. The Morgan fingerprint density at radius 2 is 1.66 bits per heavy atom. The molecule has 0 saturated carbocycles. The van der Waals surface area contributed by atoms with Gasteiger partial charge in [-0.3, -0.25) is 10.1 Å². The van der Waals surface area contributed by atoms with Gasteiger partial charge in [0.2, 0.25) is 0 Å². The second-order valence-corrected chi connectivity index (χ2v) is 7.37. The third-order valence-electron chi connectivity index (χ3n) is 5.03. The standard InChI is InChI=1S/C24H21ClN2O2/c25-21-12-6-4-10-18(21)14-26-23(24(28)29)20-16-27(15-17-8-2-1-3-9-17)22-13-7-5-11-19(20)22/h1-13,16,23,26H,14-15H2,(H,28,29). The molecule has 0 aliphatic rings. The molecule has 0 saturated heterocycles. The van der Waals surface area contributed by atoms with Crippen LogP contribution >= 0.6 is 11.6 Å². The maximum absolute atomic E-state index is 12.1. The Morgan fingerprint density at radius 1 is 0.966 bits per heavy atom. The molecule has 0 bridgehead atoms. The van der Waals surface area contributed by atoms with Crippen molar-refractivity contribution in [2.24, 2.45) is 0 Å². The molecular formula is C24H21ClN2O2. The van der Waals surface area contributed by atoms with Crippen LogP contribution in [-0.4, -0.2) is 15.6 Å². The van der Waals surface area contributed by atoms with E-state index in [1.165, 1.54) is 0 Å². The van der Waals surface area contributed by atoms with Gasteiger partial charge in [-0.15, -0.1) is 0 Å². The first-order valence-electron chi connectivity index (χ1n) is 9.45. The van der Waals surface area contributed by atoms with Crippen LogP contribution in [0.3, 0.4) is 0 Å². The first kappa shape index (κ1) is 19.2. The molecule has 0 spiro atoms. The minimum atomic E-state index is -0.917. The van der Waals surface area contributed by atoms with E-state index in [-0.39, 0.29) is 0 Å². The van der Waals surface area contributed by atoms with Gasteiger partial charge in [-0.1, -0.05) is 78.3 Å². The number of hydrogen-bond donors (Lipinski definition) is 2. The number of hydrogen-bond acceptors (Lipinski definition) is 2. The number of nitrogens with zero attached hydrogens (tertiary/aromatic N) is 1. The molecule has 0 radical (unpaired) electrons. The van der Waals surface area contributed by atoms with Gasteiger partial charge in [0.15, 0.2) is 0 Å². The first-order valence-corrected chi connectivity index (χ1v) is 9.82. The molecule has 0 aliphatic carbocycles. The van der Waals surface area contributed by atoms with E-state index in [1.807, 2.05) is 66.9 Å². The van der Waals surface area contributed by atoms with Crippen LogP contribution < -0.4 is 5.32 Å². The Kier molecular flexibility index (Phi) is 5.65. The SMILES string of the molecule is O=C(O)C(NCc1ccccc1Cl)c1cn(Cc2ccccc2)c2ccccc12. The topological polar surface area (TPSA) is 54.3 Å². The average Bonchev–Trinajstić information content (AvgIpc) is 3.08. The van der Waals surface area contributed by atoms with Crippen LogP contribution in [0.15, 0.2) is 85.1 Å². The lowest BCUT2D eigenvalue weighted by molar-refractivity contribution is -0.139. The summed E-state index contributed by atoms with van der Waals surface area (Å²) < 4.78 is 2.10. The maximum atomic E-state index is 12.1. The highest BCUT2D eigenvalue weighted by Gasteiger charge is 2.24. The van der Waals surface area contributed by atoms with E-state index >= 15 is 0 Å². The molecule has 1 heterocycles. The predicted octanol–water partition coefficient (Wildman–Crippen LogP) is 5.26. The highest BCUT2D eigenvalue weighted by atomic mass is 35.5. The highest BCUT2D eigenvalue weighted by molar-refractivity contribution is 6.31. The van der Waals surface area contributed by atoms with Crippen molar-refractivity contribution in [3.05, 3.63) is 107 Å². The van der Waals surface area contributed by atoms with Crippen molar-refractivity contribution in [1.82, 2.24) is 9.88 Å². The molecule has 146 valence electrons. The Hall–Kier alpha value is -3.08. The van der Waals surface area contributed by atoms with Crippen LogP contribution in [0.4, 0.5) is 0 Å². The Labute approximate surface area is 174 Å². The van der Waals surface area contributed by atoms with E-state index in [0.29, 0.717) is 18.1 Å². The first-order chi connectivity index (χ1) is 14.1. The largest absolute Gasteiger partial charge is 0.480 e. The molecule has 4 aromatic rings. The zero-order valence-corrected chi connectivity index (χ0v) is 16.5. The summed E-state index contributed by atoms with van der Waals surface area (Å²) in [6.45, 7) is 1.05. The average molecular weight is 405 g/mol. The smallest absolute Gasteiger partial charge is 0.325 e. The van der Waals surface area contributed by atoms with Gasteiger partial charge < -0.3 is 9.67 Å². The Morgan fingerprint density at radius 3 is 2.41 bits per heavy atom. The number of aromatic nitrogens is 1. The molecule has 0 aliphatic heterocycles. The van der Waals surface area contributed by atoms with E-state index in [0.717, 1.165) is 27.6 Å². The van der Waals surface area contributed by atoms with Crippen molar-refractivity contribution < 1.29 is 9.90 Å².